The van der Waals surface area contributed by atoms with Gasteiger partial charge in [0.25, 0.3) is 0 Å². The Morgan fingerprint density at radius 1 is 0.818 bits per heavy atom. The number of fused-ring (bicyclic) bond motifs is 1. The van der Waals surface area contributed by atoms with Gasteiger partial charge < -0.3 is 19.5 Å². The van der Waals surface area contributed by atoms with E-state index in [-0.39, 0.29) is 24.6 Å². The number of hydrogen-bond acceptors (Lipinski definition) is 4. The van der Waals surface area contributed by atoms with E-state index in [1.54, 1.807) is 0 Å². The molecule has 0 aliphatic carbocycles. The van der Waals surface area contributed by atoms with Crippen LogP contribution in [-0.2, 0) is 4.74 Å². The van der Waals surface area contributed by atoms with Crippen molar-refractivity contribution in [3.05, 3.63) is 59.7 Å². The summed E-state index contributed by atoms with van der Waals surface area (Å²) < 4.78 is 17.1. The van der Waals surface area contributed by atoms with Gasteiger partial charge in [0.2, 0.25) is 6.79 Å². The van der Waals surface area contributed by atoms with Crippen LogP contribution in [0.1, 0.15) is 23.3 Å². The van der Waals surface area contributed by atoms with Crippen molar-refractivity contribution >= 4 is 12.4 Å². The number of morpholine rings is 1. The van der Waals surface area contributed by atoms with Crippen molar-refractivity contribution < 1.29 is 14.2 Å². The van der Waals surface area contributed by atoms with E-state index in [0.717, 1.165) is 30.2 Å². The lowest BCUT2D eigenvalue weighted by molar-refractivity contribution is -0.0406. The predicted molar refractivity (Wildman–Crippen MR) is 85.7 cm³/mol. The van der Waals surface area contributed by atoms with Crippen LogP contribution in [0.3, 0.4) is 0 Å². The SMILES string of the molecule is Cl.c1ccc([C@@H]2CNC[C@H](c3ccc4c(c3)OCO4)O2)cc1. The molecule has 116 valence electrons. The van der Waals surface area contributed by atoms with Crippen molar-refractivity contribution in [1.29, 1.82) is 0 Å². The van der Waals surface area contributed by atoms with E-state index in [4.69, 9.17) is 14.2 Å². The van der Waals surface area contributed by atoms with E-state index in [1.165, 1.54) is 5.56 Å². The average molecular weight is 320 g/mol. The monoisotopic (exact) mass is 319 g/mol. The van der Waals surface area contributed by atoms with Gasteiger partial charge in [-0.15, -0.1) is 12.4 Å². The molecule has 0 spiro atoms. The minimum Gasteiger partial charge on any atom is -0.454 e. The smallest absolute Gasteiger partial charge is 0.231 e. The standard InChI is InChI=1S/C17H17NO3.ClH/c1-2-4-12(5-3-1)16-9-18-10-17(21-16)13-6-7-14-15(8-13)20-11-19-14;/h1-8,16-18H,9-11H2;1H/t16-,17+;/m0./s1. The van der Waals surface area contributed by atoms with Gasteiger partial charge in [-0.2, -0.15) is 0 Å². The maximum Gasteiger partial charge on any atom is 0.231 e. The highest BCUT2D eigenvalue weighted by molar-refractivity contribution is 5.85. The highest BCUT2D eigenvalue weighted by atomic mass is 35.5. The summed E-state index contributed by atoms with van der Waals surface area (Å²) in [6.45, 7) is 1.95. The molecule has 0 bridgehead atoms. The second kappa shape index (κ2) is 6.57. The normalized spacial score (nSPS) is 22.9. The first-order valence-corrected chi connectivity index (χ1v) is 7.21. The Morgan fingerprint density at radius 2 is 1.55 bits per heavy atom. The molecule has 1 N–H and O–H groups in total. The minimum absolute atomic E-state index is 0. The minimum atomic E-state index is 0. The molecule has 2 aromatic carbocycles. The Bertz CT molecular complexity index is 635. The quantitative estimate of drug-likeness (QED) is 0.922. The molecule has 2 aliphatic rings. The third kappa shape index (κ3) is 2.90. The summed E-state index contributed by atoms with van der Waals surface area (Å²) in [5.41, 5.74) is 2.32. The summed E-state index contributed by atoms with van der Waals surface area (Å²) in [6.07, 6.45) is 0.105. The largest absolute Gasteiger partial charge is 0.454 e. The van der Waals surface area contributed by atoms with Crippen LogP contribution in [0, 0.1) is 0 Å². The molecular formula is C17H18ClNO3. The predicted octanol–water partition coefficient (Wildman–Crippen LogP) is 3.24. The van der Waals surface area contributed by atoms with Crippen LogP contribution in [0.4, 0.5) is 0 Å². The third-order valence-corrected chi connectivity index (χ3v) is 3.93. The first-order chi connectivity index (χ1) is 10.4. The molecule has 2 aliphatic heterocycles. The zero-order valence-electron chi connectivity index (χ0n) is 12.0. The van der Waals surface area contributed by atoms with Gasteiger partial charge in [0.15, 0.2) is 11.5 Å². The lowest BCUT2D eigenvalue weighted by Crippen LogP contribution is -2.35. The van der Waals surface area contributed by atoms with Crippen LogP contribution in [0.25, 0.3) is 0 Å². The lowest BCUT2D eigenvalue weighted by atomic mass is 10.0. The zero-order chi connectivity index (χ0) is 14.1. The first kappa shape index (κ1) is 15.2. The molecule has 1 saturated heterocycles. The number of halogens is 1. The second-order valence-electron chi connectivity index (χ2n) is 5.29. The van der Waals surface area contributed by atoms with Gasteiger partial charge >= 0.3 is 0 Å². The van der Waals surface area contributed by atoms with E-state index in [1.807, 2.05) is 36.4 Å². The highest BCUT2D eigenvalue weighted by Gasteiger charge is 2.26. The topological polar surface area (TPSA) is 39.7 Å². The molecule has 0 aromatic heterocycles. The summed E-state index contributed by atoms with van der Waals surface area (Å²) in [4.78, 5) is 0. The number of nitrogens with one attached hydrogen (secondary N) is 1. The Balaban J connectivity index is 0.00000144. The molecule has 2 aromatic rings. The molecule has 2 atom stereocenters. The molecular weight excluding hydrogens is 302 g/mol. The van der Waals surface area contributed by atoms with Gasteiger partial charge in [0.1, 0.15) is 0 Å². The lowest BCUT2D eigenvalue weighted by Gasteiger charge is -2.31. The molecule has 1 fully saturated rings. The van der Waals surface area contributed by atoms with Crippen molar-refractivity contribution in [2.45, 2.75) is 12.2 Å². The van der Waals surface area contributed by atoms with Crippen LogP contribution in [-0.4, -0.2) is 19.9 Å². The fraction of sp³-hybridized carbons (Fsp3) is 0.294. The van der Waals surface area contributed by atoms with Crippen molar-refractivity contribution in [2.24, 2.45) is 0 Å². The van der Waals surface area contributed by atoms with E-state index < -0.39 is 0 Å². The maximum absolute atomic E-state index is 6.26. The summed E-state index contributed by atoms with van der Waals surface area (Å²) >= 11 is 0. The summed E-state index contributed by atoms with van der Waals surface area (Å²) in [7, 11) is 0. The molecule has 0 amide bonds. The first-order valence-electron chi connectivity index (χ1n) is 7.21. The molecule has 4 nitrogen and oxygen atoms in total. The van der Waals surface area contributed by atoms with Crippen LogP contribution < -0.4 is 14.8 Å². The van der Waals surface area contributed by atoms with E-state index in [0.29, 0.717) is 6.79 Å². The fourth-order valence-corrected chi connectivity index (χ4v) is 2.81. The number of benzene rings is 2. The molecule has 2 heterocycles. The van der Waals surface area contributed by atoms with Crippen LogP contribution >= 0.6 is 12.4 Å². The van der Waals surface area contributed by atoms with Crippen molar-refractivity contribution in [3.63, 3.8) is 0 Å². The van der Waals surface area contributed by atoms with E-state index >= 15 is 0 Å². The molecule has 4 rings (SSSR count). The van der Waals surface area contributed by atoms with Crippen molar-refractivity contribution in [3.8, 4) is 11.5 Å². The van der Waals surface area contributed by atoms with E-state index in [9.17, 15) is 0 Å². The Kier molecular flexibility index (Phi) is 4.52. The zero-order valence-corrected chi connectivity index (χ0v) is 12.8. The van der Waals surface area contributed by atoms with E-state index in [2.05, 4.69) is 17.4 Å². The summed E-state index contributed by atoms with van der Waals surface area (Å²) in [5, 5.41) is 3.45. The van der Waals surface area contributed by atoms with Gasteiger partial charge in [-0.25, -0.2) is 0 Å². The van der Waals surface area contributed by atoms with Gasteiger partial charge in [-0.1, -0.05) is 36.4 Å². The van der Waals surface area contributed by atoms with Crippen molar-refractivity contribution in [1.82, 2.24) is 5.32 Å². The molecule has 0 saturated carbocycles. The van der Waals surface area contributed by atoms with Gasteiger partial charge in [-0.05, 0) is 23.3 Å². The average Bonchev–Trinajstić information content (AvgIpc) is 3.03. The molecule has 0 unspecified atom stereocenters. The third-order valence-electron chi connectivity index (χ3n) is 3.93. The Labute approximate surface area is 135 Å². The molecule has 0 radical (unpaired) electrons. The molecule has 5 heteroatoms. The van der Waals surface area contributed by atoms with Crippen LogP contribution in [0.2, 0.25) is 0 Å². The Morgan fingerprint density at radius 3 is 2.36 bits per heavy atom. The van der Waals surface area contributed by atoms with Gasteiger partial charge in [0.05, 0.1) is 12.2 Å². The molecule has 22 heavy (non-hydrogen) atoms. The van der Waals surface area contributed by atoms with Crippen LogP contribution in [0.15, 0.2) is 48.5 Å². The number of rotatable bonds is 2. The van der Waals surface area contributed by atoms with Gasteiger partial charge in [-0.3, -0.25) is 0 Å². The summed E-state index contributed by atoms with van der Waals surface area (Å²) in [6, 6.07) is 16.3. The summed E-state index contributed by atoms with van der Waals surface area (Å²) in [5.74, 6) is 1.61. The van der Waals surface area contributed by atoms with Crippen molar-refractivity contribution in [2.75, 3.05) is 19.9 Å². The Hall–Kier alpha value is -1.75. The van der Waals surface area contributed by atoms with Gasteiger partial charge in [0, 0.05) is 13.1 Å². The second-order valence-corrected chi connectivity index (χ2v) is 5.29. The highest BCUT2D eigenvalue weighted by Crippen LogP contribution is 2.37. The number of hydrogen-bond donors (Lipinski definition) is 1. The fourth-order valence-electron chi connectivity index (χ4n) is 2.81. The number of ether oxygens (including phenoxy) is 3. The maximum atomic E-state index is 6.26. The van der Waals surface area contributed by atoms with Crippen LogP contribution in [0.5, 0.6) is 11.5 Å².